The molecule has 2 radical (unpaired) electrons. The summed E-state index contributed by atoms with van der Waals surface area (Å²) >= 11 is 0. The number of hydrogen-bond acceptors (Lipinski definition) is 1. The van der Waals surface area contributed by atoms with E-state index in [1.807, 2.05) is 0 Å². The zero-order valence-electron chi connectivity index (χ0n) is 18.1. The molecule has 0 spiro atoms. The van der Waals surface area contributed by atoms with Gasteiger partial charge in [0.15, 0.2) is 25.8 Å². The van der Waals surface area contributed by atoms with Crippen molar-refractivity contribution in [3.05, 3.63) is 41.7 Å². The second-order valence-corrected chi connectivity index (χ2v) is 15.2. The predicted molar refractivity (Wildman–Crippen MR) is 117 cm³/mol. The Morgan fingerprint density at radius 2 is 1.54 bits per heavy atom. The van der Waals surface area contributed by atoms with Gasteiger partial charge in [-0.1, -0.05) is 50.6 Å². The van der Waals surface area contributed by atoms with Crippen LogP contribution < -0.4 is 5.19 Å². The third-order valence-corrected chi connectivity index (χ3v) is 11.3. The molecule has 0 amide bonds. The summed E-state index contributed by atoms with van der Waals surface area (Å²) in [6, 6.07) is 3.06. The molecule has 1 rings (SSSR count). The average molecular weight is 429 g/mol. The highest BCUT2D eigenvalue weighted by Gasteiger charge is 2.36. The van der Waals surface area contributed by atoms with Crippen molar-refractivity contribution >= 4 is 23.0 Å². The van der Waals surface area contributed by atoms with Crippen LogP contribution in [0.2, 0.25) is 24.2 Å². The van der Waals surface area contributed by atoms with Gasteiger partial charge in [0.25, 0.3) is 0 Å². The van der Waals surface area contributed by atoms with E-state index in [9.17, 15) is 13.2 Å². The fraction of sp³-hybridized carbons (Fsp3) is 0.636. The monoisotopic (exact) mass is 428 g/mol. The quantitative estimate of drug-likeness (QED) is 0.154. The molecule has 0 saturated heterocycles. The van der Waals surface area contributed by atoms with Crippen LogP contribution in [0, 0.1) is 17.5 Å². The molecule has 1 aromatic rings. The van der Waals surface area contributed by atoms with E-state index >= 15 is 0 Å². The smallest absolute Gasteiger partial charge is 0.194 e. The highest BCUT2D eigenvalue weighted by Crippen LogP contribution is 2.36. The van der Waals surface area contributed by atoms with Crippen molar-refractivity contribution in [2.75, 3.05) is 6.61 Å². The Balaban J connectivity index is 2.11. The standard InChI is InChI=1S/C22H35F3OSi2/c1-17(11-7-9-13-26-28(5,6)22(2,3)4)12-8-10-14-27-18-15-19(23)21(25)20(24)16-18/h15-16H,1,7-14H2,2-6H3. The molecule has 28 heavy (non-hydrogen) atoms. The highest BCUT2D eigenvalue weighted by molar-refractivity contribution is 6.74. The molecule has 0 heterocycles. The van der Waals surface area contributed by atoms with Crippen LogP contribution in [0.5, 0.6) is 0 Å². The highest BCUT2D eigenvalue weighted by atomic mass is 28.4. The van der Waals surface area contributed by atoms with Crippen LogP contribution >= 0.6 is 0 Å². The van der Waals surface area contributed by atoms with Crippen molar-refractivity contribution in [3.63, 3.8) is 0 Å². The normalized spacial score (nSPS) is 12.4. The maximum absolute atomic E-state index is 13.2. The topological polar surface area (TPSA) is 9.23 Å². The lowest BCUT2D eigenvalue weighted by molar-refractivity contribution is 0.279. The molecule has 0 atom stereocenters. The Morgan fingerprint density at radius 1 is 1.00 bits per heavy atom. The SMILES string of the molecule is C=C(CCCCO[Si](C)(C)C(C)(C)C)CCCC[Si]c1cc(F)c(F)c(F)c1. The van der Waals surface area contributed by atoms with E-state index in [1.165, 1.54) is 5.57 Å². The van der Waals surface area contributed by atoms with E-state index in [-0.39, 0.29) is 5.04 Å². The lowest BCUT2D eigenvalue weighted by atomic mass is 10.0. The van der Waals surface area contributed by atoms with E-state index in [0.717, 1.165) is 63.3 Å². The molecule has 6 heteroatoms. The molecule has 0 fully saturated rings. The number of allylic oxidation sites excluding steroid dienone is 1. The van der Waals surface area contributed by atoms with Gasteiger partial charge in [0.2, 0.25) is 0 Å². The molecule has 0 aliphatic heterocycles. The molecule has 0 saturated carbocycles. The molecule has 0 aliphatic carbocycles. The van der Waals surface area contributed by atoms with Crippen LogP contribution in [0.4, 0.5) is 13.2 Å². The zero-order chi connectivity index (χ0) is 21.4. The summed E-state index contributed by atoms with van der Waals surface area (Å²) < 4.78 is 45.5. The van der Waals surface area contributed by atoms with E-state index in [0.29, 0.717) is 14.7 Å². The van der Waals surface area contributed by atoms with Gasteiger partial charge in [-0.05, 0) is 62.4 Å². The minimum Gasteiger partial charge on any atom is -0.417 e. The molecule has 1 nitrogen and oxygen atoms in total. The minimum atomic E-state index is -1.64. The van der Waals surface area contributed by atoms with Crippen molar-refractivity contribution in [2.24, 2.45) is 0 Å². The summed E-state index contributed by atoms with van der Waals surface area (Å²) in [4.78, 5) is 0. The molecule has 0 aliphatic rings. The number of hydrogen-bond donors (Lipinski definition) is 0. The number of rotatable bonds is 12. The van der Waals surface area contributed by atoms with E-state index < -0.39 is 25.8 Å². The molecule has 0 bridgehead atoms. The van der Waals surface area contributed by atoms with Crippen molar-refractivity contribution in [1.29, 1.82) is 0 Å². The Bertz CT molecular complexity index is 616. The maximum Gasteiger partial charge on any atom is 0.194 e. The summed E-state index contributed by atoms with van der Waals surface area (Å²) in [5.41, 5.74) is 1.26. The molecule has 0 aromatic heterocycles. The summed E-state index contributed by atoms with van der Waals surface area (Å²) in [5, 5.41) is 0.792. The average Bonchev–Trinajstić information content (AvgIpc) is 2.57. The van der Waals surface area contributed by atoms with Gasteiger partial charge in [0.1, 0.15) is 0 Å². The molecular formula is C22H35F3OSi2. The second-order valence-electron chi connectivity index (χ2n) is 8.95. The first-order chi connectivity index (χ1) is 12.9. The van der Waals surface area contributed by atoms with Gasteiger partial charge in [-0.25, -0.2) is 13.2 Å². The lowest BCUT2D eigenvalue weighted by Gasteiger charge is -2.36. The Labute approximate surface area is 172 Å². The Morgan fingerprint density at radius 3 is 2.07 bits per heavy atom. The van der Waals surface area contributed by atoms with Gasteiger partial charge in [0, 0.05) is 6.61 Å². The molecule has 0 N–H and O–H groups in total. The van der Waals surface area contributed by atoms with Crippen LogP contribution in [0.25, 0.3) is 0 Å². The molecule has 0 unspecified atom stereocenters. The van der Waals surface area contributed by atoms with E-state index in [1.54, 1.807) is 0 Å². The summed E-state index contributed by atoms with van der Waals surface area (Å²) in [6.45, 7) is 16.3. The van der Waals surface area contributed by atoms with Crippen LogP contribution in [-0.2, 0) is 4.43 Å². The van der Waals surface area contributed by atoms with E-state index in [2.05, 4.69) is 40.4 Å². The summed E-state index contributed by atoms with van der Waals surface area (Å²) in [6.07, 6.45) is 6.18. The van der Waals surface area contributed by atoms with Crippen molar-refractivity contribution < 1.29 is 17.6 Å². The van der Waals surface area contributed by atoms with Crippen molar-refractivity contribution in [3.8, 4) is 0 Å². The number of unbranched alkanes of at least 4 members (excludes halogenated alkanes) is 2. The molecule has 1 aromatic carbocycles. The van der Waals surface area contributed by atoms with Crippen molar-refractivity contribution in [1.82, 2.24) is 0 Å². The predicted octanol–water partition coefficient (Wildman–Crippen LogP) is 6.77. The first kappa shape index (κ1) is 25.2. The number of benzene rings is 1. The van der Waals surface area contributed by atoms with Crippen molar-refractivity contribution in [2.45, 2.75) is 83.5 Å². The van der Waals surface area contributed by atoms with Gasteiger partial charge in [-0.3, -0.25) is 0 Å². The first-order valence-corrected chi connectivity index (χ1v) is 14.2. The molecule has 158 valence electrons. The van der Waals surface area contributed by atoms with Gasteiger partial charge in [-0.15, -0.1) is 0 Å². The lowest BCUT2D eigenvalue weighted by Crippen LogP contribution is -2.40. The Hall–Kier alpha value is -0.856. The Kier molecular flexibility index (Phi) is 10.2. The van der Waals surface area contributed by atoms with Gasteiger partial charge >= 0.3 is 0 Å². The third kappa shape index (κ3) is 8.66. The van der Waals surface area contributed by atoms with Gasteiger partial charge in [-0.2, -0.15) is 0 Å². The minimum absolute atomic E-state index is 0.253. The fourth-order valence-corrected chi connectivity index (χ4v) is 4.80. The maximum atomic E-state index is 13.2. The van der Waals surface area contributed by atoms with Gasteiger partial charge < -0.3 is 4.43 Å². The molecular weight excluding hydrogens is 393 g/mol. The summed E-state index contributed by atoms with van der Waals surface area (Å²) in [5.74, 6) is -3.60. The van der Waals surface area contributed by atoms with Crippen LogP contribution in [0.3, 0.4) is 0 Å². The third-order valence-electron chi connectivity index (χ3n) is 5.46. The van der Waals surface area contributed by atoms with Gasteiger partial charge in [0.05, 0.1) is 9.52 Å². The second kappa shape index (κ2) is 11.4. The van der Waals surface area contributed by atoms with Crippen LogP contribution in [0.1, 0.15) is 59.3 Å². The van der Waals surface area contributed by atoms with Crippen LogP contribution in [-0.4, -0.2) is 24.4 Å². The summed E-state index contributed by atoms with van der Waals surface area (Å²) in [7, 11) is -1.34. The largest absolute Gasteiger partial charge is 0.417 e. The van der Waals surface area contributed by atoms with Crippen LogP contribution in [0.15, 0.2) is 24.3 Å². The number of halogens is 3. The first-order valence-electron chi connectivity index (χ1n) is 10.1. The fourth-order valence-electron chi connectivity index (χ4n) is 2.54. The zero-order valence-corrected chi connectivity index (χ0v) is 20.1. The van der Waals surface area contributed by atoms with E-state index in [4.69, 9.17) is 4.43 Å².